The molecule has 2 aliphatic rings. The van der Waals surface area contributed by atoms with Crippen LogP contribution in [0.25, 0.3) is 0 Å². The highest BCUT2D eigenvalue weighted by Gasteiger charge is 2.55. The van der Waals surface area contributed by atoms with Gasteiger partial charge in [-0.1, -0.05) is 73.2 Å². The van der Waals surface area contributed by atoms with Gasteiger partial charge in [-0.2, -0.15) is 0 Å². The van der Waals surface area contributed by atoms with Gasteiger partial charge < -0.3 is 0 Å². The third-order valence-electron chi connectivity index (χ3n) is 6.62. The van der Waals surface area contributed by atoms with Crippen molar-refractivity contribution in [1.29, 1.82) is 0 Å². The summed E-state index contributed by atoms with van der Waals surface area (Å²) in [6, 6.07) is 31.1. The molecule has 3 aromatic rings. The Kier molecular flexibility index (Phi) is 4.50. The Morgan fingerprint density at radius 2 is 1.32 bits per heavy atom. The summed E-state index contributed by atoms with van der Waals surface area (Å²) >= 11 is 0. The monoisotopic (exact) mass is 387 g/mol. The average Bonchev–Trinajstić information content (AvgIpc) is 3.06. The Labute approximate surface area is 167 Å². The second-order valence-corrected chi connectivity index (χ2v) is 10.9. The molecule has 0 aromatic heterocycles. The molecular weight excluding hydrogens is 361 g/mol. The van der Waals surface area contributed by atoms with Crippen LogP contribution in [0.4, 0.5) is 0 Å². The lowest BCUT2D eigenvalue weighted by molar-refractivity contribution is 0.208. The summed E-state index contributed by atoms with van der Waals surface area (Å²) in [6.45, 7) is 0.913. The maximum absolute atomic E-state index is 15.1. The zero-order chi connectivity index (χ0) is 19.0. The molecule has 3 aromatic carbocycles. The maximum atomic E-state index is 15.1. The van der Waals surface area contributed by atoms with Crippen LogP contribution in [-0.4, -0.2) is 11.2 Å². The van der Waals surface area contributed by atoms with Crippen LogP contribution in [0, 0.1) is 5.92 Å². The van der Waals surface area contributed by atoms with Crippen molar-refractivity contribution < 1.29 is 4.57 Å². The minimum absolute atomic E-state index is 0.134. The summed E-state index contributed by atoms with van der Waals surface area (Å²) < 4.78 is 17.5. The molecule has 0 radical (unpaired) electrons. The van der Waals surface area contributed by atoms with Crippen molar-refractivity contribution in [3.63, 3.8) is 0 Å². The van der Waals surface area contributed by atoms with Crippen LogP contribution in [-0.2, 0) is 10.1 Å². The van der Waals surface area contributed by atoms with Crippen molar-refractivity contribution in [2.45, 2.75) is 31.2 Å². The molecule has 0 spiro atoms. The smallest absolute Gasteiger partial charge is 0.207 e. The Bertz CT molecular complexity index is 945. The van der Waals surface area contributed by atoms with E-state index >= 15 is 4.57 Å². The normalized spacial score (nSPS) is 24.9. The number of hydrogen-bond donors (Lipinski definition) is 0. The first-order valence-corrected chi connectivity index (χ1v) is 11.9. The molecule has 1 saturated heterocycles. The Morgan fingerprint density at radius 1 is 0.786 bits per heavy atom. The third kappa shape index (κ3) is 2.70. The lowest BCUT2D eigenvalue weighted by atomic mass is 9.76. The predicted molar refractivity (Wildman–Crippen MR) is 117 cm³/mol. The van der Waals surface area contributed by atoms with Crippen LogP contribution in [0.2, 0.25) is 0 Å². The van der Waals surface area contributed by atoms with Gasteiger partial charge in [0.1, 0.15) is 0 Å². The van der Waals surface area contributed by atoms with Crippen LogP contribution < -0.4 is 10.6 Å². The minimum atomic E-state index is -2.94. The molecule has 1 saturated carbocycles. The van der Waals surface area contributed by atoms with E-state index in [1.807, 2.05) is 36.4 Å². The Hall–Kier alpha value is -2.15. The number of nitrogens with zero attached hydrogens (tertiary/aromatic N) is 1. The molecule has 2 nitrogen and oxygen atoms in total. The first kappa shape index (κ1) is 17.9. The highest BCUT2D eigenvalue weighted by atomic mass is 31.2. The Balaban J connectivity index is 1.74. The molecule has 1 aliphatic carbocycles. The maximum Gasteiger partial charge on any atom is 0.207 e. The first-order valence-electron chi connectivity index (χ1n) is 10.3. The van der Waals surface area contributed by atoms with E-state index in [0.717, 1.165) is 30.0 Å². The SMILES string of the molecule is O=P(c1ccccc1)(c1ccccc1)N1C[C@@H]2CCC[C@@]1(c1ccccc1)C2. The molecule has 5 rings (SSSR count). The fourth-order valence-electron chi connectivity index (χ4n) is 5.41. The first-order chi connectivity index (χ1) is 13.7. The van der Waals surface area contributed by atoms with Gasteiger partial charge in [0.15, 0.2) is 0 Å². The van der Waals surface area contributed by atoms with Crippen LogP contribution in [0.1, 0.15) is 31.2 Å². The van der Waals surface area contributed by atoms with Gasteiger partial charge in [0.05, 0.1) is 5.54 Å². The fraction of sp³-hybridized carbons (Fsp3) is 0.280. The zero-order valence-corrected chi connectivity index (χ0v) is 17.0. The van der Waals surface area contributed by atoms with Crippen molar-refractivity contribution in [2.75, 3.05) is 6.54 Å². The number of rotatable bonds is 4. The third-order valence-corrected chi connectivity index (χ3v) is 9.84. The van der Waals surface area contributed by atoms with Crippen molar-refractivity contribution in [1.82, 2.24) is 4.67 Å². The van der Waals surface area contributed by atoms with Gasteiger partial charge >= 0.3 is 0 Å². The highest BCUT2D eigenvalue weighted by Crippen LogP contribution is 2.63. The van der Waals surface area contributed by atoms with E-state index in [9.17, 15) is 0 Å². The van der Waals surface area contributed by atoms with Gasteiger partial charge in [-0.15, -0.1) is 0 Å². The van der Waals surface area contributed by atoms with Crippen LogP contribution >= 0.6 is 7.29 Å². The van der Waals surface area contributed by atoms with E-state index in [4.69, 9.17) is 0 Å². The van der Waals surface area contributed by atoms with Crippen LogP contribution in [0.15, 0.2) is 91.0 Å². The van der Waals surface area contributed by atoms with Crippen molar-refractivity contribution in [2.24, 2.45) is 5.92 Å². The molecule has 0 N–H and O–H groups in total. The molecule has 2 bridgehead atoms. The average molecular weight is 387 g/mol. The second kappa shape index (κ2) is 7.03. The van der Waals surface area contributed by atoms with Gasteiger partial charge in [-0.3, -0.25) is 4.57 Å². The summed E-state index contributed by atoms with van der Waals surface area (Å²) in [7, 11) is -2.94. The van der Waals surface area contributed by atoms with Gasteiger partial charge in [0, 0.05) is 17.2 Å². The van der Waals surface area contributed by atoms with E-state index in [-0.39, 0.29) is 5.54 Å². The number of benzene rings is 3. The molecular formula is C25H26NOP. The molecule has 0 amide bonds. The molecule has 2 fully saturated rings. The molecule has 28 heavy (non-hydrogen) atoms. The summed E-state index contributed by atoms with van der Waals surface area (Å²) in [5, 5.41) is 1.90. The molecule has 0 unspecified atom stereocenters. The topological polar surface area (TPSA) is 20.3 Å². The highest BCUT2D eigenvalue weighted by molar-refractivity contribution is 7.76. The van der Waals surface area contributed by atoms with E-state index < -0.39 is 7.29 Å². The number of hydrogen-bond acceptors (Lipinski definition) is 1. The van der Waals surface area contributed by atoms with Crippen molar-refractivity contribution >= 4 is 17.9 Å². The standard InChI is InChI=1S/C25H26NOP/c27-28(23-14-6-2-7-15-23,24-16-8-3-9-17-24)26-20-21-11-10-18-25(26,19-21)22-12-4-1-5-13-22/h1-9,12-17,21H,10-11,18-20H2/t21-,25+/m1/s1. The predicted octanol–water partition coefficient (Wildman–Crippen LogP) is 5.32. The van der Waals surface area contributed by atoms with Crippen molar-refractivity contribution in [3.05, 3.63) is 96.6 Å². The largest absolute Gasteiger partial charge is 0.296 e. The summed E-state index contributed by atoms with van der Waals surface area (Å²) in [4.78, 5) is 0. The molecule has 2 atom stereocenters. The zero-order valence-electron chi connectivity index (χ0n) is 16.1. The van der Waals surface area contributed by atoms with Crippen LogP contribution in [0.3, 0.4) is 0 Å². The molecule has 1 aliphatic heterocycles. The van der Waals surface area contributed by atoms with Crippen LogP contribution in [0.5, 0.6) is 0 Å². The summed E-state index contributed by atoms with van der Waals surface area (Å²) in [5.74, 6) is 0.620. The summed E-state index contributed by atoms with van der Waals surface area (Å²) in [5.41, 5.74) is 1.19. The molecule has 1 heterocycles. The quantitative estimate of drug-likeness (QED) is 0.565. The van der Waals surface area contributed by atoms with Gasteiger partial charge in [0.2, 0.25) is 7.29 Å². The minimum Gasteiger partial charge on any atom is -0.296 e. The van der Waals surface area contributed by atoms with E-state index in [1.54, 1.807) is 0 Å². The molecule has 142 valence electrons. The summed E-state index contributed by atoms with van der Waals surface area (Å²) in [6.07, 6.45) is 4.64. The fourth-order valence-corrected chi connectivity index (χ4v) is 8.71. The van der Waals surface area contributed by atoms with Gasteiger partial charge in [-0.05, 0) is 55.0 Å². The number of fused-ring (bicyclic) bond motifs is 2. The van der Waals surface area contributed by atoms with E-state index in [1.165, 1.54) is 18.4 Å². The van der Waals surface area contributed by atoms with Gasteiger partial charge in [0.25, 0.3) is 0 Å². The lowest BCUT2D eigenvalue weighted by Gasteiger charge is -2.44. The van der Waals surface area contributed by atoms with E-state index in [2.05, 4.69) is 59.3 Å². The van der Waals surface area contributed by atoms with Crippen molar-refractivity contribution in [3.8, 4) is 0 Å². The molecule has 3 heteroatoms. The van der Waals surface area contributed by atoms with Gasteiger partial charge in [-0.25, -0.2) is 4.67 Å². The lowest BCUT2D eigenvalue weighted by Crippen LogP contribution is -2.43. The van der Waals surface area contributed by atoms with E-state index in [0.29, 0.717) is 5.92 Å². The Morgan fingerprint density at radius 3 is 1.89 bits per heavy atom. The second-order valence-electron chi connectivity index (χ2n) is 8.19.